The molecule has 4 heteroatoms. The van der Waals surface area contributed by atoms with E-state index in [0.29, 0.717) is 16.7 Å². The topological polar surface area (TPSA) is 61.5 Å². The number of aromatic nitrogens is 3. The second kappa shape index (κ2) is 4.56. The molecule has 0 amide bonds. The van der Waals surface area contributed by atoms with Crippen molar-refractivity contribution in [2.75, 3.05) is 0 Å². The Kier molecular flexibility index (Phi) is 2.66. The summed E-state index contributed by atoms with van der Waals surface area (Å²) >= 11 is 0. The summed E-state index contributed by atoms with van der Waals surface area (Å²) in [5, 5.41) is 1.77. The quantitative estimate of drug-likeness (QED) is 0.561. The Hall–Kier alpha value is -2.88. The third-order valence-corrected chi connectivity index (χ3v) is 4.21. The average Bonchev–Trinajstić information content (AvgIpc) is 2.82. The lowest BCUT2D eigenvalue weighted by atomic mass is 10.1. The Morgan fingerprint density at radius 1 is 0.909 bits per heavy atom. The molecule has 0 saturated carbocycles. The van der Waals surface area contributed by atoms with Gasteiger partial charge in [0.25, 0.3) is 5.56 Å². The molecule has 0 atom stereocenters. The number of hydrogen-bond acceptors (Lipinski definition) is 2. The van der Waals surface area contributed by atoms with E-state index in [1.54, 1.807) is 6.07 Å². The summed E-state index contributed by atoms with van der Waals surface area (Å²) in [6, 6.07) is 13.4. The van der Waals surface area contributed by atoms with Crippen LogP contribution in [0.1, 0.15) is 11.3 Å². The number of rotatable bonds is 1. The molecule has 0 aliphatic carbocycles. The molecule has 0 saturated heterocycles. The highest BCUT2D eigenvalue weighted by Gasteiger charge is 2.12. The molecule has 0 bridgehead atoms. The minimum atomic E-state index is -0.113. The first-order chi connectivity index (χ1) is 10.6. The van der Waals surface area contributed by atoms with Crippen LogP contribution in [-0.4, -0.2) is 15.0 Å². The van der Waals surface area contributed by atoms with Crippen LogP contribution in [0.25, 0.3) is 33.2 Å². The number of H-pyrrole nitrogens is 2. The first kappa shape index (κ1) is 12.8. The van der Waals surface area contributed by atoms with Gasteiger partial charge in [0.1, 0.15) is 5.82 Å². The second-order valence-corrected chi connectivity index (χ2v) is 5.53. The van der Waals surface area contributed by atoms with Crippen molar-refractivity contribution >= 4 is 21.8 Å². The molecular formula is C18H15N3O. The third kappa shape index (κ3) is 1.77. The molecule has 4 aromatic rings. The van der Waals surface area contributed by atoms with Crippen LogP contribution in [0.2, 0.25) is 0 Å². The number of aromatic amines is 2. The van der Waals surface area contributed by atoms with Crippen molar-refractivity contribution in [2.45, 2.75) is 13.8 Å². The first-order valence-electron chi connectivity index (χ1n) is 7.22. The summed E-state index contributed by atoms with van der Waals surface area (Å²) in [6.07, 6.45) is 0. The monoisotopic (exact) mass is 289 g/mol. The fourth-order valence-corrected chi connectivity index (χ4v) is 2.89. The van der Waals surface area contributed by atoms with E-state index in [1.807, 2.05) is 30.3 Å². The maximum absolute atomic E-state index is 12.3. The smallest absolute Gasteiger partial charge is 0.259 e. The van der Waals surface area contributed by atoms with Crippen LogP contribution in [0.5, 0.6) is 0 Å². The van der Waals surface area contributed by atoms with Crippen molar-refractivity contribution < 1.29 is 0 Å². The van der Waals surface area contributed by atoms with Crippen molar-refractivity contribution in [3.63, 3.8) is 0 Å². The Morgan fingerprint density at radius 2 is 1.68 bits per heavy atom. The number of hydrogen-bond donors (Lipinski definition) is 2. The van der Waals surface area contributed by atoms with Crippen molar-refractivity contribution in [3.05, 3.63) is 64.1 Å². The van der Waals surface area contributed by atoms with E-state index in [9.17, 15) is 4.79 Å². The van der Waals surface area contributed by atoms with Crippen molar-refractivity contribution in [1.29, 1.82) is 0 Å². The summed E-state index contributed by atoms with van der Waals surface area (Å²) < 4.78 is 0. The van der Waals surface area contributed by atoms with Crippen molar-refractivity contribution in [2.24, 2.45) is 0 Å². The molecule has 2 N–H and O–H groups in total. The van der Waals surface area contributed by atoms with E-state index >= 15 is 0 Å². The van der Waals surface area contributed by atoms with Crippen LogP contribution >= 0.6 is 0 Å². The molecular weight excluding hydrogens is 274 g/mol. The van der Waals surface area contributed by atoms with E-state index < -0.39 is 0 Å². The van der Waals surface area contributed by atoms with E-state index in [0.717, 1.165) is 22.2 Å². The van der Waals surface area contributed by atoms with Crippen LogP contribution in [-0.2, 0) is 0 Å². The zero-order valence-electron chi connectivity index (χ0n) is 12.4. The number of para-hydroxylation sites is 2. The maximum atomic E-state index is 12.3. The summed E-state index contributed by atoms with van der Waals surface area (Å²) in [6.45, 7) is 4.14. The maximum Gasteiger partial charge on any atom is 0.259 e. The average molecular weight is 289 g/mol. The van der Waals surface area contributed by atoms with Gasteiger partial charge in [0.05, 0.1) is 16.4 Å². The molecule has 2 heterocycles. The standard InChI is InChI=1S/C18H15N3O/c1-10-11(2)19-16-12(10)7-5-8-14(16)17-20-15-9-4-3-6-13(15)18(22)21-17/h3-9,19H,1-2H3,(H,20,21,22). The minimum Gasteiger partial charge on any atom is -0.358 e. The Bertz CT molecular complexity index is 1070. The van der Waals surface area contributed by atoms with Gasteiger partial charge in [0.2, 0.25) is 0 Å². The first-order valence-corrected chi connectivity index (χ1v) is 7.22. The van der Waals surface area contributed by atoms with Gasteiger partial charge in [0.15, 0.2) is 0 Å². The number of fused-ring (bicyclic) bond motifs is 2. The van der Waals surface area contributed by atoms with E-state index in [-0.39, 0.29) is 5.56 Å². The van der Waals surface area contributed by atoms with Crippen LogP contribution < -0.4 is 5.56 Å². The summed E-state index contributed by atoms with van der Waals surface area (Å²) in [7, 11) is 0. The summed E-state index contributed by atoms with van der Waals surface area (Å²) in [5.41, 5.74) is 4.87. The molecule has 22 heavy (non-hydrogen) atoms. The molecule has 0 radical (unpaired) electrons. The highest BCUT2D eigenvalue weighted by atomic mass is 16.1. The Labute approximate surface area is 126 Å². The predicted molar refractivity (Wildman–Crippen MR) is 89.1 cm³/mol. The van der Waals surface area contributed by atoms with E-state index in [2.05, 4.69) is 34.9 Å². The van der Waals surface area contributed by atoms with Gasteiger partial charge in [-0.2, -0.15) is 0 Å². The molecule has 0 aliphatic heterocycles. The number of nitrogens with one attached hydrogen (secondary N) is 2. The molecule has 108 valence electrons. The van der Waals surface area contributed by atoms with E-state index in [1.165, 1.54) is 5.56 Å². The third-order valence-electron chi connectivity index (χ3n) is 4.21. The highest BCUT2D eigenvalue weighted by molar-refractivity contribution is 5.96. The predicted octanol–water partition coefficient (Wildman–Crippen LogP) is 3.69. The van der Waals surface area contributed by atoms with Gasteiger partial charge in [0, 0.05) is 16.6 Å². The van der Waals surface area contributed by atoms with Crippen molar-refractivity contribution in [3.8, 4) is 11.4 Å². The number of aryl methyl sites for hydroxylation is 2. The van der Waals surface area contributed by atoms with Gasteiger partial charge in [-0.1, -0.05) is 24.3 Å². The zero-order valence-corrected chi connectivity index (χ0v) is 12.4. The molecule has 0 fully saturated rings. The lowest BCUT2D eigenvalue weighted by Gasteiger charge is -2.05. The largest absolute Gasteiger partial charge is 0.358 e. The summed E-state index contributed by atoms with van der Waals surface area (Å²) in [4.78, 5) is 23.2. The van der Waals surface area contributed by atoms with Crippen LogP contribution in [0.3, 0.4) is 0 Å². The molecule has 4 nitrogen and oxygen atoms in total. The lowest BCUT2D eigenvalue weighted by molar-refractivity contribution is 1.18. The van der Waals surface area contributed by atoms with E-state index in [4.69, 9.17) is 0 Å². The Morgan fingerprint density at radius 3 is 2.55 bits per heavy atom. The van der Waals surface area contributed by atoms with Crippen LogP contribution in [0, 0.1) is 13.8 Å². The van der Waals surface area contributed by atoms with Crippen LogP contribution in [0.15, 0.2) is 47.3 Å². The number of nitrogens with zero attached hydrogens (tertiary/aromatic N) is 1. The summed E-state index contributed by atoms with van der Waals surface area (Å²) in [5.74, 6) is 0.593. The number of benzene rings is 2. The molecule has 2 aromatic carbocycles. The molecule has 2 aromatic heterocycles. The SMILES string of the molecule is Cc1[nH]c2c(-c3nc4ccccc4c(=O)[nH]3)cccc2c1C. The molecule has 0 unspecified atom stereocenters. The highest BCUT2D eigenvalue weighted by Crippen LogP contribution is 2.29. The van der Waals surface area contributed by atoms with Gasteiger partial charge in [-0.05, 0) is 37.6 Å². The molecule has 0 spiro atoms. The second-order valence-electron chi connectivity index (χ2n) is 5.53. The molecule has 0 aliphatic rings. The normalized spacial score (nSPS) is 11.4. The van der Waals surface area contributed by atoms with Gasteiger partial charge in [-0.25, -0.2) is 4.98 Å². The fourth-order valence-electron chi connectivity index (χ4n) is 2.89. The van der Waals surface area contributed by atoms with Gasteiger partial charge in [-0.3, -0.25) is 4.79 Å². The van der Waals surface area contributed by atoms with Crippen LogP contribution in [0.4, 0.5) is 0 Å². The van der Waals surface area contributed by atoms with Gasteiger partial charge < -0.3 is 9.97 Å². The van der Waals surface area contributed by atoms with Crippen molar-refractivity contribution in [1.82, 2.24) is 15.0 Å². The lowest BCUT2D eigenvalue weighted by Crippen LogP contribution is -2.09. The van der Waals surface area contributed by atoms with Gasteiger partial charge >= 0.3 is 0 Å². The van der Waals surface area contributed by atoms with Gasteiger partial charge in [-0.15, -0.1) is 0 Å². The zero-order chi connectivity index (χ0) is 15.3. The fraction of sp³-hybridized carbons (Fsp3) is 0.111. The molecule has 4 rings (SSSR count). The Balaban J connectivity index is 2.07. The minimum absolute atomic E-state index is 0.113.